The first-order chi connectivity index (χ1) is 14.0. The minimum Gasteiger partial charge on any atom is -0.289 e. The van der Waals surface area contributed by atoms with E-state index in [0.717, 1.165) is 32.1 Å². The molecule has 4 heteroatoms. The van der Waals surface area contributed by atoms with Crippen LogP contribution in [0, 0.1) is 6.92 Å². The van der Waals surface area contributed by atoms with Crippen LogP contribution in [-0.2, 0) is 0 Å². The van der Waals surface area contributed by atoms with Gasteiger partial charge in [0.25, 0.3) is 0 Å². The molecule has 0 spiro atoms. The van der Waals surface area contributed by atoms with E-state index in [4.69, 9.17) is 11.6 Å². The third kappa shape index (κ3) is 4.16. The van der Waals surface area contributed by atoms with Crippen molar-refractivity contribution in [3.8, 4) is 11.1 Å². The number of fused-ring (bicyclic) bond motifs is 1. The number of allylic oxidation sites excluding steroid dienone is 1. The summed E-state index contributed by atoms with van der Waals surface area (Å²) in [7, 11) is 0. The van der Waals surface area contributed by atoms with Crippen molar-refractivity contribution in [2.45, 2.75) is 6.92 Å². The summed E-state index contributed by atoms with van der Waals surface area (Å²) in [4.78, 5) is 17.9. The van der Waals surface area contributed by atoms with Crippen molar-refractivity contribution in [3.05, 3.63) is 105 Å². The number of halogens is 2. The Morgan fingerprint density at radius 3 is 2.55 bits per heavy atom. The summed E-state index contributed by atoms with van der Waals surface area (Å²) >= 11 is 9.74. The van der Waals surface area contributed by atoms with Gasteiger partial charge >= 0.3 is 0 Å². The SMILES string of the molecule is Cc1nc2ccc(Cl)cc2c(-c2ccccc2)c1C(=O)/C=C/c1cccc(Br)c1. The maximum atomic E-state index is 13.3. The maximum absolute atomic E-state index is 13.3. The molecular weight excluding hydrogens is 446 g/mol. The fourth-order valence-electron chi connectivity index (χ4n) is 3.43. The van der Waals surface area contributed by atoms with E-state index in [1.165, 1.54) is 0 Å². The van der Waals surface area contributed by atoms with Crippen molar-refractivity contribution in [3.63, 3.8) is 0 Å². The number of benzene rings is 3. The summed E-state index contributed by atoms with van der Waals surface area (Å²) in [6, 6.07) is 23.3. The first-order valence-corrected chi connectivity index (χ1v) is 10.3. The largest absolute Gasteiger partial charge is 0.289 e. The highest BCUT2D eigenvalue weighted by atomic mass is 79.9. The van der Waals surface area contributed by atoms with Gasteiger partial charge in [-0.2, -0.15) is 0 Å². The van der Waals surface area contributed by atoms with Crippen LogP contribution in [0.2, 0.25) is 5.02 Å². The smallest absolute Gasteiger partial charge is 0.188 e. The van der Waals surface area contributed by atoms with E-state index in [-0.39, 0.29) is 5.78 Å². The number of carbonyl (C=O) groups is 1. The van der Waals surface area contributed by atoms with Crippen molar-refractivity contribution in [1.82, 2.24) is 4.98 Å². The van der Waals surface area contributed by atoms with Crippen LogP contribution in [0.1, 0.15) is 21.6 Å². The Kier molecular flexibility index (Phi) is 5.61. The quantitative estimate of drug-likeness (QED) is 0.232. The van der Waals surface area contributed by atoms with E-state index >= 15 is 0 Å². The molecule has 0 saturated heterocycles. The number of carbonyl (C=O) groups excluding carboxylic acids is 1. The molecule has 4 aromatic rings. The summed E-state index contributed by atoms with van der Waals surface area (Å²) in [5.74, 6) is -0.0873. The number of hydrogen-bond acceptors (Lipinski definition) is 2. The van der Waals surface area contributed by atoms with Crippen LogP contribution in [0.4, 0.5) is 0 Å². The summed E-state index contributed by atoms with van der Waals surface area (Å²) in [5, 5.41) is 1.48. The molecule has 1 heterocycles. The highest BCUT2D eigenvalue weighted by Gasteiger charge is 2.19. The maximum Gasteiger partial charge on any atom is 0.188 e. The average Bonchev–Trinajstić information content (AvgIpc) is 2.72. The molecule has 0 bridgehead atoms. The van der Waals surface area contributed by atoms with Gasteiger partial charge in [0.15, 0.2) is 5.78 Å². The number of aromatic nitrogens is 1. The lowest BCUT2D eigenvalue weighted by atomic mass is 9.92. The molecule has 0 radical (unpaired) electrons. The van der Waals surface area contributed by atoms with Crippen molar-refractivity contribution >= 4 is 50.3 Å². The van der Waals surface area contributed by atoms with Crippen molar-refractivity contribution in [2.75, 3.05) is 0 Å². The van der Waals surface area contributed by atoms with E-state index in [9.17, 15) is 4.79 Å². The van der Waals surface area contributed by atoms with Gasteiger partial charge in [-0.1, -0.05) is 76.1 Å². The van der Waals surface area contributed by atoms with Gasteiger partial charge < -0.3 is 0 Å². The molecule has 29 heavy (non-hydrogen) atoms. The number of pyridine rings is 1. The van der Waals surface area contributed by atoms with Crippen molar-refractivity contribution in [2.24, 2.45) is 0 Å². The summed E-state index contributed by atoms with van der Waals surface area (Å²) in [6.45, 7) is 1.88. The number of hydrogen-bond donors (Lipinski definition) is 0. The summed E-state index contributed by atoms with van der Waals surface area (Å²) < 4.78 is 0.968. The van der Waals surface area contributed by atoms with Crippen LogP contribution in [0.3, 0.4) is 0 Å². The molecule has 0 amide bonds. The number of nitrogens with zero attached hydrogens (tertiary/aromatic N) is 1. The number of aryl methyl sites for hydroxylation is 1. The fraction of sp³-hybridized carbons (Fsp3) is 0.0400. The van der Waals surface area contributed by atoms with Crippen LogP contribution in [0.5, 0.6) is 0 Å². The molecule has 0 unspecified atom stereocenters. The zero-order valence-corrected chi connectivity index (χ0v) is 18.0. The minimum absolute atomic E-state index is 0.0873. The van der Waals surface area contributed by atoms with Gasteiger partial charge in [0.05, 0.1) is 11.1 Å². The number of rotatable bonds is 4. The highest BCUT2D eigenvalue weighted by molar-refractivity contribution is 9.10. The normalized spacial score (nSPS) is 11.3. The average molecular weight is 463 g/mol. The lowest BCUT2D eigenvalue weighted by molar-refractivity contribution is 0.104. The second-order valence-corrected chi connectivity index (χ2v) is 8.08. The van der Waals surface area contributed by atoms with E-state index in [1.807, 2.05) is 85.8 Å². The van der Waals surface area contributed by atoms with Gasteiger partial charge in [0.1, 0.15) is 0 Å². The highest BCUT2D eigenvalue weighted by Crippen LogP contribution is 2.35. The molecule has 4 rings (SSSR count). The Labute approximate surface area is 183 Å². The summed E-state index contributed by atoms with van der Waals surface area (Å²) in [6.07, 6.45) is 3.43. The van der Waals surface area contributed by atoms with Crippen LogP contribution < -0.4 is 0 Å². The lowest BCUT2D eigenvalue weighted by Crippen LogP contribution is -2.05. The second kappa shape index (κ2) is 8.32. The van der Waals surface area contributed by atoms with Gasteiger partial charge in [-0.15, -0.1) is 0 Å². The molecule has 1 aromatic heterocycles. The van der Waals surface area contributed by atoms with Crippen LogP contribution >= 0.6 is 27.5 Å². The van der Waals surface area contributed by atoms with E-state index < -0.39 is 0 Å². The summed E-state index contributed by atoms with van der Waals surface area (Å²) in [5.41, 5.74) is 4.88. The first-order valence-electron chi connectivity index (χ1n) is 9.16. The van der Waals surface area contributed by atoms with Gasteiger partial charge in [0, 0.05) is 26.1 Å². The molecule has 142 valence electrons. The Bertz CT molecular complexity index is 1250. The monoisotopic (exact) mass is 461 g/mol. The predicted molar refractivity (Wildman–Crippen MR) is 124 cm³/mol. The third-order valence-electron chi connectivity index (χ3n) is 4.71. The topological polar surface area (TPSA) is 30.0 Å². The Morgan fingerprint density at radius 1 is 1.00 bits per heavy atom. The Morgan fingerprint density at radius 2 is 1.79 bits per heavy atom. The molecule has 0 atom stereocenters. The van der Waals surface area contributed by atoms with E-state index in [1.54, 1.807) is 6.08 Å². The Hall–Kier alpha value is -2.75. The fourth-order valence-corrected chi connectivity index (χ4v) is 4.02. The van der Waals surface area contributed by atoms with E-state index in [2.05, 4.69) is 20.9 Å². The molecular formula is C25H17BrClNO. The lowest BCUT2D eigenvalue weighted by Gasteiger charge is -2.14. The van der Waals surface area contributed by atoms with Crippen molar-refractivity contribution in [1.29, 1.82) is 0 Å². The van der Waals surface area contributed by atoms with Crippen LogP contribution in [0.15, 0.2) is 83.3 Å². The second-order valence-electron chi connectivity index (χ2n) is 6.73. The molecule has 0 aliphatic heterocycles. The predicted octanol–water partition coefficient (Wildman–Crippen LogP) is 7.52. The van der Waals surface area contributed by atoms with Gasteiger partial charge in [-0.3, -0.25) is 9.78 Å². The zero-order chi connectivity index (χ0) is 20.4. The molecule has 2 nitrogen and oxygen atoms in total. The standard InChI is InChI=1S/C25H17BrClNO/c1-16-24(23(29)13-10-17-6-5-9-19(26)14-17)25(18-7-3-2-4-8-18)21-15-20(27)11-12-22(21)28-16/h2-15H,1H3/b13-10+. The molecule has 0 aliphatic rings. The van der Waals surface area contributed by atoms with Gasteiger partial charge in [-0.05, 0) is 54.5 Å². The third-order valence-corrected chi connectivity index (χ3v) is 5.44. The molecule has 0 fully saturated rings. The molecule has 0 saturated carbocycles. The van der Waals surface area contributed by atoms with Gasteiger partial charge in [0.2, 0.25) is 0 Å². The van der Waals surface area contributed by atoms with Crippen LogP contribution in [0.25, 0.3) is 28.1 Å². The minimum atomic E-state index is -0.0873. The molecule has 0 N–H and O–H groups in total. The Balaban J connectivity index is 1.91. The first kappa shape index (κ1) is 19.6. The van der Waals surface area contributed by atoms with Crippen LogP contribution in [-0.4, -0.2) is 10.8 Å². The zero-order valence-electron chi connectivity index (χ0n) is 15.7. The van der Waals surface area contributed by atoms with Crippen molar-refractivity contribution < 1.29 is 4.79 Å². The van der Waals surface area contributed by atoms with E-state index in [0.29, 0.717) is 16.3 Å². The van der Waals surface area contributed by atoms with Gasteiger partial charge in [-0.25, -0.2) is 0 Å². The molecule has 0 aliphatic carbocycles. The molecule has 3 aromatic carbocycles. The number of ketones is 1.